The van der Waals surface area contributed by atoms with Crippen molar-refractivity contribution in [2.45, 2.75) is 12.0 Å². The first-order valence-corrected chi connectivity index (χ1v) is 10.4. The third-order valence-corrected chi connectivity index (χ3v) is 5.81. The van der Waals surface area contributed by atoms with E-state index in [4.69, 9.17) is 23.7 Å². The molecule has 2 amide bonds. The topological polar surface area (TPSA) is 95.6 Å². The van der Waals surface area contributed by atoms with Gasteiger partial charge in [-0.15, -0.1) is 0 Å². The van der Waals surface area contributed by atoms with Crippen LogP contribution in [-0.2, 0) is 9.53 Å². The van der Waals surface area contributed by atoms with E-state index >= 15 is 0 Å². The van der Waals surface area contributed by atoms with Crippen molar-refractivity contribution in [3.63, 3.8) is 0 Å². The lowest BCUT2D eigenvalue weighted by Crippen LogP contribution is -2.46. The lowest BCUT2D eigenvalue weighted by molar-refractivity contribution is -0.124. The Balaban J connectivity index is 2.19. The molecule has 0 radical (unpaired) electrons. The van der Waals surface area contributed by atoms with E-state index in [1.165, 1.54) is 14.2 Å². The number of carbonyl (C=O) groups is 2. The van der Waals surface area contributed by atoms with E-state index in [9.17, 15) is 9.59 Å². The van der Waals surface area contributed by atoms with Gasteiger partial charge in [0.2, 0.25) is 5.91 Å². The van der Waals surface area contributed by atoms with E-state index in [-0.39, 0.29) is 11.8 Å². The molecule has 1 N–H and O–H groups in total. The minimum Gasteiger partial charge on any atom is -0.493 e. The first-order chi connectivity index (χ1) is 15.9. The molecular formula is C24H30N2O7. The Hall–Kier alpha value is -3.46. The Morgan fingerprint density at radius 1 is 0.909 bits per heavy atom. The molecule has 178 valence electrons. The molecule has 0 aliphatic carbocycles. The minimum absolute atomic E-state index is 0.230. The molecule has 9 heteroatoms. The van der Waals surface area contributed by atoms with Crippen LogP contribution >= 0.6 is 0 Å². The molecule has 0 unspecified atom stereocenters. The molecule has 0 saturated heterocycles. The normalized spacial score (nSPS) is 17.3. The summed E-state index contributed by atoms with van der Waals surface area (Å²) in [6.07, 6.45) is 0. The molecule has 2 atom stereocenters. The van der Waals surface area contributed by atoms with Gasteiger partial charge in [0, 0.05) is 26.3 Å². The number of methoxy groups -OCH3 is 5. The van der Waals surface area contributed by atoms with Crippen LogP contribution in [0.25, 0.3) is 0 Å². The third-order valence-electron chi connectivity index (χ3n) is 5.81. The fourth-order valence-electron chi connectivity index (χ4n) is 4.17. The number of carbonyl (C=O) groups excluding carboxylic acids is 2. The van der Waals surface area contributed by atoms with Gasteiger partial charge in [-0.2, -0.15) is 0 Å². The third kappa shape index (κ3) is 4.54. The van der Waals surface area contributed by atoms with Gasteiger partial charge in [0.1, 0.15) is 0 Å². The molecule has 1 aliphatic rings. The van der Waals surface area contributed by atoms with E-state index in [0.29, 0.717) is 47.3 Å². The van der Waals surface area contributed by atoms with Gasteiger partial charge in [-0.3, -0.25) is 9.59 Å². The lowest BCUT2D eigenvalue weighted by Gasteiger charge is -2.40. The van der Waals surface area contributed by atoms with E-state index in [2.05, 4.69) is 5.32 Å². The summed E-state index contributed by atoms with van der Waals surface area (Å²) >= 11 is 0. The van der Waals surface area contributed by atoms with Gasteiger partial charge in [0.25, 0.3) is 5.91 Å². The highest BCUT2D eigenvalue weighted by Gasteiger charge is 2.43. The molecule has 33 heavy (non-hydrogen) atoms. The second-order valence-corrected chi connectivity index (χ2v) is 7.53. The van der Waals surface area contributed by atoms with Crippen LogP contribution in [0.4, 0.5) is 0 Å². The summed E-state index contributed by atoms with van der Waals surface area (Å²) < 4.78 is 26.7. The predicted octanol–water partition coefficient (Wildman–Crippen LogP) is 2.39. The Morgan fingerprint density at radius 3 is 2.12 bits per heavy atom. The Labute approximate surface area is 193 Å². The van der Waals surface area contributed by atoms with E-state index in [0.717, 1.165) is 5.56 Å². The molecule has 1 aliphatic heterocycles. The number of fused-ring (bicyclic) bond motifs is 1. The zero-order valence-corrected chi connectivity index (χ0v) is 19.8. The fourth-order valence-corrected chi connectivity index (χ4v) is 4.17. The summed E-state index contributed by atoms with van der Waals surface area (Å²) in [7, 11) is 9.36. The molecule has 1 heterocycles. The van der Waals surface area contributed by atoms with Crippen LogP contribution in [0.5, 0.6) is 23.0 Å². The van der Waals surface area contributed by atoms with Crippen molar-refractivity contribution in [1.29, 1.82) is 0 Å². The maximum atomic E-state index is 13.5. The van der Waals surface area contributed by atoms with Gasteiger partial charge in [-0.25, -0.2) is 0 Å². The van der Waals surface area contributed by atoms with Gasteiger partial charge in [-0.05, 0) is 35.4 Å². The number of benzene rings is 2. The van der Waals surface area contributed by atoms with E-state index in [1.807, 2.05) is 6.07 Å². The average Bonchev–Trinajstić information content (AvgIpc) is 2.84. The molecule has 3 rings (SSSR count). The molecule has 2 aromatic rings. The SMILES string of the molecule is COCCNC(=O)[C@@H]1c2cc(OC)c(OC)cc2C(=O)N(C)[C@@H]1c1ccc(OC)c(OC)c1. The van der Waals surface area contributed by atoms with Crippen molar-refractivity contribution in [1.82, 2.24) is 10.2 Å². The highest BCUT2D eigenvalue weighted by atomic mass is 16.5. The number of likely N-dealkylation sites (N-methyl/N-ethyl adjacent to an activating group) is 1. The first-order valence-electron chi connectivity index (χ1n) is 10.4. The fraction of sp³-hybridized carbons (Fsp3) is 0.417. The molecule has 0 fully saturated rings. The average molecular weight is 459 g/mol. The quantitative estimate of drug-likeness (QED) is 0.577. The lowest BCUT2D eigenvalue weighted by atomic mass is 9.79. The number of ether oxygens (including phenoxy) is 5. The van der Waals surface area contributed by atoms with Crippen molar-refractivity contribution in [3.05, 3.63) is 47.0 Å². The Bertz CT molecular complexity index is 1020. The van der Waals surface area contributed by atoms with Crippen molar-refractivity contribution in [3.8, 4) is 23.0 Å². The monoisotopic (exact) mass is 458 g/mol. The number of hydrogen-bond acceptors (Lipinski definition) is 7. The second kappa shape index (κ2) is 10.4. The Kier molecular flexibility index (Phi) is 7.65. The van der Waals surface area contributed by atoms with Crippen molar-refractivity contribution < 1.29 is 33.3 Å². The van der Waals surface area contributed by atoms with Gasteiger partial charge < -0.3 is 33.9 Å². The van der Waals surface area contributed by atoms with Crippen LogP contribution in [0.3, 0.4) is 0 Å². The first kappa shape index (κ1) is 24.2. The van der Waals surface area contributed by atoms with Crippen LogP contribution in [0.15, 0.2) is 30.3 Å². The predicted molar refractivity (Wildman–Crippen MR) is 122 cm³/mol. The molecule has 2 aromatic carbocycles. The summed E-state index contributed by atoms with van der Waals surface area (Å²) in [4.78, 5) is 28.4. The minimum atomic E-state index is -0.711. The summed E-state index contributed by atoms with van der Waals surface area (Å²) in [6.45, 7) is 0.706. The zero-order chi connectivity index (χ0) is 24.1. The van der Waals surface area contributed by atoms with Gasteiger partial charge in [0.15, 0.2) is 23.0 Å². The standard InChI is InChI=1S/C24H30N2O7/c1-26-22(14-7-8-17(30-3)18(11-14)31-4)21(23(27)25-9-10-29-2)15-12-19(32-5)20(33-6)13-16(15)24(26)28/h7-8,11-13,21-22H,9-10H2,1-6H3,(H,25,27)/t21-,22-/m1/s1. The number of amides is 2. The molecule has 0 bridgehead atoms. The molecule has 0 spiro atoms. The van der Waals surface area contributed by atoms with Crippen molar-refractivity contribution in [2.24, 2.45) is 0 Å². The maximum Gasteiger partial charge on any atom is 0.254 e. The maximum absolute atomic E-state index is 13.5. The number of nitrogens with zero attached hydrogens (tertiary/aromatic N) is 1. The largest absolute Gasteiger partial charge is 0.493 e. The van der Waals surface area contributed by atoms with Gasteiger partial charge in [0.05, 0.1) is 47.0 Å². The molecule has 0 saturated carbocycles. The van der Waals surface area contributed by atoms with E-state index in [1.54, 1.807) is 57.5 Å². The highest BCUT2D eigenvalue weighted by Crippen LogP contribution is 2.46. The summed E-state index contributed by atoms with van der Waals surface area (Å²) in [6, 6.07) is 8.10. The summed E-state index contributed by atoms with van der Waals surface area (Å²) in [5, 5.41) is 2.92. The van der Waals surface area contributed by atoms with Crippen LogP contribution in [0.2, 0.25) is 0 Å². The Morgan fingerprint density at radius 2 is 1.52 bits per heavy atom. The summed E-state index contributed by atoms with van der Waals surface area (Å²) in [5.74, 6) is 0.741. The molecule has 9 nitrogen and oxygen atoms in total. The zero-order valence-electron chi connectivity index (χ0n) is 19.8. The summed E-state index contributed by atoms with van der Waals surface area (Å²) in [5.41, 5.74) is 1.68. The van der Waals surface area contributed by atoms with Crippen LogP contribution < -0.4 is 24.3 Å². The molecule has 0 aromatic heterocycles. The highest BCUT2D eigenvalue weighted by molar-refractivity contribution is 6.02. The van der Waals surface area contributed by atoms with Crippen LogP contribution in [0, 0.1) is 0 Å². The second-order valence-electron chi connectivity index (χ2n) is 7.53. The van der Waals surface area contributed by atoms with Gasteiger partial charge >= 0.3 is 0 Å². The number of hydrogen-bond donors (Lipinski definition) is 1. The van der Waals surface area contributed by atoms with Gasteiger partial charge in [-0.1, -0.05) is 6.07 Å². The van der Waals surface area contributed by atoms with Crippen LogP contribution in [-0.4, -0.2) is 72.5 Å². The molecular weight excluding hydrogens is 428 g/mol. The van der Waals surface area contributed by atoms with Crippen molar-refractivity contribution in [2.75, 3.05) is 55.7 Å². The van der Waals surface area contributed by atoms with Crippen LogP contribution in [0.1, 0.15) is 33.4 Å². The number of rotatable bonds is 9. The van der Waals surface area contributed by atoms with Crippen molar-refractivity contribution >= 4 is 11.8 Å². The van der Waals surface area contributed by atoms with E-state index < -0.39 is 12.0 Å². The smallest absolute Gasteiger partial charge is 0.254 e. The number of nitrogens with one attached hydrogen (secondary N) is 1.